The minimum absolute atomic E-state index is 0.0869. The van der Waals surface area contributed by atoms with Crippen LogP contribution in [0.15, 0.2) is 30.8 Å². The van der Waals surface area contributed by atoms with Gasteiger partial charge >= 0.3 is 0 Å². The van der Waals surface area contributed by atoms with E-state index >= 15 is 0 Å². The highest BCUT2D eigenvalue weighted by molar-refractivity contribution is 7.97. The number of hydrogen-bond donors (Lipinski definition) is 1. The standard InChI is InChI=1S/C14H18N2OS.C2H6/c1-11-12-7-3-4-8-13(12)14(17)16(11)9-5-2-6-10-18-15;1-2/h3-4,7-8H,1-2,5-6,9-10,15H2;1-2H3. The summed E-state index contributed by atoms with van der Waals surface area (Å²) in [5.41, 5.74) is 2.59. The molecule has 1 aliphatic heterocycles. The molecule has 0 saturated heterocycles. The Labute approximate surface area is 126 Å². The lowest BCUT2D eigenvalue weighted by Gasteiger charge is -2.17. The maximum Gasteiger partial charge on any atom is 0.258 e. The second-order valence-electron chi connectivity index (χ2n) is 4.38. The van der Waals surface area contributed by atoms with Crippen LogP contribution in [0.2, 0.25) is 0 Å². The van der Waals surface area contributed by atoms with Gasteiger partial charge in [0.25, 0.3) is 5.91 Å². The van der Waals surface area contributed by atoms with Gasteiger partial charge in [-0.2, -0.15) is 0 Å². The fourth-order valence-electron chi connectivity index (χ4n) is 2.20. The van der Waals surface area contributed by atoms with Crippen molar-refractivity contribution in [3.05, 3.63) is 42.0 Å². The first kappa shape index (κ1) is 16.8. The average Bonchev–Trinajstić information content (AvgIpc) is 2.74. The lowest BCUT2D eigenvalue weighted by Crippen LogP contribution is -2.23. The van der Waals surface area contributed by atoms with Gasteiger partial charge in [-0.25, -0.2) is 0 Å². The van der Waals surface area contributed by atoms with Crippen LogP contribution in [0.25, 0.3) is 5.70 Å². The smallest absolute Gasteiger partial charge is 0.258 e. The van der Waals surface area contributed by atoms with Crippen molar-refractivity contribution >= 4 is 23.6 Å². The quantitative estimate of drug-likeness (QED) is 0.638. The Morgan fingerprint density at radius 1 is 1.15 bits per heavy atom. The Bertz CT molecular complexity index is 425. The van der Waals surface area contributed by atoms with E-state index in [1.54, 1.807) is 4.90 Å². The zero-order chi connectivity index (χ0) is 15.0. The number of rotatable bonds is 6. The van der Waals surface area contributed by atoms with Gasteiger partial charge in [0.15, 0.2) is 0 Å². The second kappa shape index (κ2) is 8.82. The third kappa shape index (κ3) is 3.87. The van der Waals surface area contributed by atoms with E-state index in [0.717, 1.165) is 48.4 Å². The van der Waals surface area contributed by atoms with Crippen molar-refractivity contribution in [2.75, 3.05) is 12.3 Å². The minimum atomic E-state index is 0.0869. The van der Waals surface area contributed by atoms with Gasteiger partial charge in [0.05, 0.1) is 0 Å². The Kier molecular flexibility index (Phi) is 7.41. The van der Waals surface area contributed by atoms with E-state index in [4.69, 9.17) is 5.14 Å². The maximum atomic E-state index is 12.2. The number of carbonyl (C=O) groups is 1. The summed E-state index contributed by atoms with van der Waals surface area (Å²) in [6.07, 6.45) is 3.19. The number of nitrogens with two attached hydrogens (primary N) is 1. The molecular weight excluding hydrogens is 268 g/mol. The van der Waals surface area contributed by atoms with Crippen molar-refractivity contribution in [1.29, 1.82) is 0 Å². The summed E-state index contributed by atoms with van der Waals surface area (Å²) in [7, 11) is 0. The Morgan fingerprint density at radius 2 is 1.80 bits per heavy atom. The largest absolute Gasteiger partial charge is 0.308 e. The monoisotopic (exact) mass is 292 g/mol. The molecule has 0 unspecified atom stereocenters. The van der Waals surface area contributed by atoms with Gasteiger partial charge in [-0.3, -0.25) is 9.93 Å². The second-order valence-corrected chi connectivity index (χ2v) is 5.12. The number of nitrogens with zero attached hydrogens (tertiary/aromatic N) is 1. The molecule has 0 saturated carbocycles. The van der Waals surface area contributed by atoms with Gasteiger partial charge < -0.3 is 4.90 Å². The molecule has 1 heterocycles. The van der Waals surface area contributed by atoms with Crippen LogP contribution in [-0.2, 0) is 0 Å². The lowest BCUT2D eigenvalue weighted by atomic mass is 10.1. The molecule has 0 fully saturated rings. The van der Waals surface area contributed by atoms with E-state index in [1.807, 2.05) is 38.1 Å². The van der Waals surface area contributed by atoms with Crippen LogP contribution in [-0.4, -0.2) is 23.1 Å². The van der Waals surface area contributed by atoms with E-state index in [2.05, 4.69) is 6.58 Å². The van der Waals surface area contributed by atoms with Crippen LogP contribution in [0.5, 0.6) is 0 Å². The van der Waals surface area contributed by atoms with Crippen LogP contribution in [0, 0.1) is 0 Å². The predicted molar refractivity (Wildman–Crippen MR) is 88.4 cm³/mol. The molecule has 0 aromatic heterocycles. The molecule has 110 valence electrons. The molecule has 1 aliphatic rings. The van der Waals surface area contributed by atoms with Crippen molar-refractivity contribution in [2.45, 2.75) is 33.1 Å². The Balaban J connectivity index is 0.000000956. The molecule has 1 aromatic carbocycles. The molecule has 1 aromatic rings. The molecular formula is C16H24N2OS. The molecule has 0 atom stereocenters. The highest BCUT2D eigenvalue weighted by Crippen LogP contribution is 2.31. The summed E-state index contributed by atoms with van der Waals surface area (Å²) in [6.45, 7) is 8.77. The molecule has 0 aliphatic carbocycles. The molecule has 1 amide bonds. The van der Waals surface area contributed by atoms with Crippen LogP contribution < -0.4 is 5.14 Å². The fourth-order valence-corrected chi connectivity index (χ4v) is 2.57. The number of unbranched alkanes of at least 4 members (excludes halogenated alkanes) is 2. The normalized spacial score (nSPS) is 13.1. The molecule has 0 radical (unpaired) electrons. The lowest BCUT2D eigenvalue weighted by molar-refractivity contribution is 0.0849. The van der Waals surface area contributed by atoms with Gasteiger partial charge in [-0.1, -0.05) is 57.0 Å². The third-order valence-corrected chi connectivity index (χ3v) is 3.71. The SMILES string of the molecule is C=C1c2ccccc2C(=O)N1CCCCCSN.CC. The molecule has 2 rings (SSSR count). The van der Waals surface area contributed by atoms with Crippen molar-refractivity contribution < 1.29 is 4.79 Å². The fraction of sp³-hybridized carbons (Fsp3) is 0.438. The van der Waals surface area contributed by atoms with Gasteiger partial charge in [0, 0.05) is 29.1 Å². The minimum Gasteiger partial charge on any atom is -0.308 e. The number of hydrogen-bond acceptors (Lipinski definition) is 3. The van der Waals surface area contributed by atoms with Crippen molar-refractivity contribution in [1.82, 2.24) is 4.90 Å². The van der Waals surface area contributed by atoms with Crippen LogP contribution in [0.4, 0.5) is 0 Å². The van der Waals surface area contributed by atoms with E-state index in [-0.39, 0.29) is 5.91 Å². The molecule has 3 nitrogen and oxygen atoms in total. The number of carbonyl (C=O) groups excluding carboxylic acids is 1. The van der Waals surface area contributed by atoms with Crippen molar-refractivity contribution in [2.24, 2.45) is 5.14 Å². The van der Waals surface area contributed by atoms with Crippen molar-refractivity contribution in [3.63, 3.8) is 0 Å². The topological polar surface area (TPSA) is 46.3 Å². The first-order chi connectivity index (χ1) is 9.75. The number of benzene rings is 1. The number of fused-ring (bicyclic) bond motifs is 1. The van der Waals surface area contributed by atoms with Gasteiger partial charge in [-0.05, 0) is 18.9 Å². The van der Waals surface area contributed by atoms with Gasteiger partial charge in [0.1, 0.15) is 0 Å². The van der Waals surface area contributed by atoms with Crippen LogP contribution in [0.1, 0.15) is 49.0 Å². The van der Waals surface area contributed by atoms with Crippen LogP contribution >= 0.6 is 11.9 Å². The molecule has 20 heavy (non-hydrogen) atoms. The van der Waals surface area contributed by atoms with E-state index in [1.165, 1.54) is 11.9 Å². The summed E-state index contributed by atoms with van der Waals surface area (Å²) in [5.74, 6) is 1.07. The Hall–Kier alpha value is -1.26. The van der Waals surface area contributed by atoms with E-state index < -0.39 is 0 Å². The summed E-state index contributed by atoms with van der Waals surface area (Å²) in [4.78, 5) is 14.0. The maximum absolute atomic E-state index is 12.2. The Morgan fingerprint density at radius 3 is 2.40 bits per heavy atom. The van der Waals surface area contributed by atoms with Crippen molar-refractivity contribution in [3.8, 4) is 0 Å². The first-order valence-corrected chi connectivity index (χ1v) is 8.22. The number of amides is 1. The first-order valence-electron chi connectivity index (χ1n) is 7.17. The summed E-state index contributed by atoms with van der Waals surface area (Å²) >= 11 is 1.38. The molecule has 2 N–H and O–H groups in total. The van der Waals surface area contributed by atoms with E-state index in [0.29, 0.717) is 0 Å². The van der Waals surface area contributed by atoms with Crippen LogP contribution in [0.3, 0.4) is 0 Å². The van der Waals surface area contributed by atoms with Gasteiger partial charge in [-0.15, -0.1) is 0 Å². The summed E-state index contributed by atoms with van der Waals surface area (Å²) in [6, 6.07) is 7.67. The van der Waals surface area contributed by atoms with E-state index in [9.17, 15) is 4.79 Å². The zero-order valence-electron chi connectivity index (χ0n) is 12.4. The molecule has 4 heteroatoms. The highest BCUT2D eigenvalue weighted by atomic mass is 32.2. The summed E-state index contributed by atoms with van der Waals surface area (Å²) < 4.78 is 0. The predicted octanol–water partition coefficient (Wildman–Crippen LogP) is 3.92. The summed E-state index contributed by atoms with van der Waals surface area (Å²) in [5, 5.41) is 5.37. The highest BCUT2D eigenvalue weighted by Gasteiger charge is 2.29. The zero-order valence-corrected chi connectivity index (χ0v) is 13.2. The average molecular weight is 292 g/mol. The molecule has 0 spiro atoms. The van der Waals surface area contributed by atoms with Gasteiger partial charge in [0.2, 0.25) is 0 Å². The molecule has 0 bridgehead atoms. The third-order valence-electron chi connectivity index (χ3n) is 3.18.